The van der Waals surface area contributed by atoms with Crippen molar-refractivity contribution in [3.8, 4) is 0 Å². The highest BCUT2D eigenvalue weighted by atomic mass is 16.5. The number of aliphatic hydroxyl groups excluding tert-OH is 5. The summed E-state index contributed by atoms with van der Waals surface area (Å²) in [6.07, 6.45) is -0.385. The van der Waals surface area contributed by atoms with Crippen molar-refractivity contribution in [2.24, 2.45) is 11.5 Å². The Kier molecular flexibility index (Phi) is 15.3. The molecule has 0 aliphatic rings. The van der Waals surface area contributed by atoms with Crippen LogP contribution in [0.4, 0.5) is 4.79 Å². The monoisotopic (exact) mass is 440 g/mol. The van der Waals surface area contributed by atoms with Gasteiger partial charge >= 0.3 is 6.03 Å². The van der Waals surface area contributed by atoms with Gasteiger partial charge in [-0.15, -0.1) is 0 Å². The predicted molar refractivity (Wildman–Crippen MR) is 105 cm³/mol. The molecule has 0 aromatic carbocycles. The summed E-state index contributed by atoms with van der Waals surface area (Å²) in [4.78, 5) is 23.1. The van der Waals surface area contributed by atoms with E-state index in [0.29, 0.717) is 19.3 Å². The van der Waals surface area contributed by atoms with E-state index in [-0.39, 0.29) is 19.8 Å². The Bertz CT molecular complexity index is 460. The van der Waals surface area contributed by atoms with Crippen LogP contribution in [0.5, 0.6) is 0 Å². The van der Waals surface area contributed by atoms with E-state index in [1.807, 2.05) is 0 Å². The van der Waals surface area contributed by atoms with Crippen molar-refractivity contribution in [1.82, 2.24) is 10.6 Å². The summed E-state index contributed by atoms with van der Waals surface area (Å²) in [5.74, 6) is -0.596. The van der Waals surface area contributed by atoms with Crippen LogP contribution in [0, 0.1) is 0 Å². The molecule has 0 saturated heterocycles. The largest absolute Gasteiger partial charge is 0.394 e. The lowest BCUT2D eigenvalue weighted by molar-refractivity contribution is -0.119. The molecule has 0 radical (unpaired) electrons. The molecular weight excluding hydrogens is 404 g/mol. The van der Waals surface area contributed by atoms with Crippen LogP contribution < -0.4 is 22.1 Å². The highest BCUT2D eigenvalue weighted by Crippen LogP contribution is 2.10. The van der Waals surface area contributed by atoms with Gasteiger partial charge in [0.25, 0.3) is 0 Å². The van der Waals surface area contributed by atoms with Crippen LogP contribution >= 0.6 is 0 Å². The van der Waals surface area contributed by atoms with E-state index in [4.69, 9.17) is 41.4 Å². The number of rotatable bonds is 18. The first-order valence-corrected chi connectivity index (χ1v) is 9.65. The lowest BCUT2D eigenvalue weighted by Gasteiger charge is -2.34. The number of ether oxygens (including phenoxy) is 2. The average molecular weight is 440 g/mol. The molecule has 178 valence electrons. The summed E-state index contributed by atoms with van der Waals surface area (Å²) >= 11 is 0. The zero-order valence-electron chi connectivity index (χ0n) is 17.0. The first-order valence-electron chi connectivity index (χ1n) is 9.65. The molecule has 0 unspecified atom stereocenters. The normalized spacial score (nSPS) is 12.9. The van der Waals surface area contributed by atoms with Gasteiger partial charge in [-0.25, -0.2) is 4.79 Å². The Morgan fingerprint density at radius 1 is 0.900 bits per heavy atom. The lowest BCUT2D eigenvalue weighted by Crippen LogP contribution is -2.61. The molecule has 3 amide bonds. The van der Waals surface area contributed by atoms with E-state index in [0.717, 1.165) is 0 Å². The maximum Gasteiger partial charge on any atom is 0.315 e. The Hall–Kier alpha value is -1.58. The first kappa shape index (κ1) is 28.4. The molecule has 13 heteroatoms. The number of amides is 3. The predicted octanol–water partition coefficient (Wildman–Crippen LogP) is -4.26. The summed E-state index contributed by atoms with van der Waals surface area (Å²) in [6, 6.07) is -1.39. The fraction of sp³-hybridized carbons (Fsp3) is 0.882. The molecule has 0 bridgehead atoms. The molecular formula is C17H36N4O9. The van der Waals surface area contributed by atoms with Crippen LogP contribution in [0.25, 0.3) is 0 Å². The molecule has 0 aromatic rings. The quantitative estimate of drug-likeness (QED) is 0.0931. The van der Waals surface area contributed by atoms with Gasteiger partial charge in [0.1, 0.15) is 17.7 Å². The summed E-state index contributed by atoms with van der Waals surface area (Å²) in [5.41, 5.74) is 9.12. The number of primary amides is 1. The van der Waals surface area contributed by atoms with E-state index < -0.39 is 68.8 Å². The van der Waals surface area contributed by atoms with Crippen LogP contribution in [0.2, 0.25) is 0 Å². The molecule has 0 rings (SSSR count). The van der Waals surface area contributed by atoms with Gasteiger partial charge in [-0.05, 0) is 19.3 Å². The van der Waals surface area contributed by atoms with E-state index in [1.165, 1.54) is 0 Å². The smallest absolute Gasteiger partial charge is 0.315 e. The third-order valence-electron chi connectivity index (χ3n) is 4.28. The Balaban J connectivity index is 4.78. The van der Waals surface area contributed by atoms with Crippen molar-refractivity contribution in [3.63, 3.8) is 0 Å². The molecule has 0 saturated carbocycles. The van der Waals surface area contributed by atoms with E-state index in [2.05, 4.69) is 10.6 Å². The van der Waals surface area contributed by atoms with Crippen molar-refractivity contribution in [3.05, 3.63) is 0 Å². The summed E-state index contributed by atoms with van der Waals surface area (Å²) < 4.78 is 10.6. The van der Waals surface area contributed by atoms with Crippen LogP contribution in [0.1, 0.15) is 19.3 Å². The van der Waals surface area contributed by atoms with Crippen molar-refractivity contribution < 1.29 is 44.6 Å². The number of nitrogens with one attached hydrogen (secondary N) is 2. The second-order valence-electron chi connectivity index (χ2n) is 6.92. The van der Waals surface area contributed by atoms with Gasteiger partial charge in [0, 0.05) is 6.54 Å². The molecule has 11 N–H and O–H groups in total. The second kappa shape index (κ2) is 16.2. The Labute approximate surface area is 175 Å². The summed E-state index contributed by atoms with van der Waals surface area (Å²) in [7, 11) is 0. The molecule has 13 nitrogen and oxygen atoms in total. The number of carbonyl (C=O) groups is 2. The summed E-state index contributed by atoms with van der Waals surface area (Å²) in [5, 5.41) is 51.5. The Morgan fingerprint density at radius 3 is 1.80 bits per heavy atom. The highest BCUT2D eigenvalue weighted by molar-refractivity contribution is 5.79. The maximum absolute atomic E-state index is 12.2. The van der Waals surface area contributed by atoms with Gasteiger partial charge in [-0.2, -0.15) is 0 Å². The number of hydrogen-bond acceptors (Lipinski definition) is 10. The molecule has 1 atom stereocenters. The maximum atomic E-state index is 12.2. The molecule has 0 spiro atoms. The first-order chi connectivity index (χ1) is 14.3. The minimum absolute atomic E-state index is 0.256. The fourth-order valence-electron chi connectivity index (χ4n) is 2.24. The fourth-order valence-corrected chi connectivity index (χ4v) is 2.24. The lowest BCUT2D eigenvalue weighted by atomic mass is 10.0. The van der Waals surface area contributed by atoms with Crippen molar-refractivity contribution in [1.29, 1.82) is 0 Å². The van der Waals surface area contributed by atoms with Gasteiger partial charge in [0.2, 0.25) is 5.91 Å². The molecule has 0 aliphatic heterocycles. The van der Waals surface area contributed by atoms with E-state index in [9.17, 15) is 14.7 Å². The van der Waals surface area contributed by atoms with E-state index in [1.54, 1.807) is 0 Å². The third kappa shape index (κ3) is 11.6. The number of nitrogens with two attached hydrogens (primary N) is 2. The number of unbranched alkanes of at least 4 members (excludes halogenated alkanes) is 1. The van der Waals surface area contributed by atoms with Crippen LogP contribution in [0.15, 0.2) is 0 Å². The minimum Gasteiger partial charge on any atom is -0.394 e. The molecule has 0 aromatic heterocycles. The van der Waals surface area contributed by atoms with Crippen LogP contribution in [0.3, 0.4) is 0 Å². The number of hydrogen-bond donors (Lipinski definition) is 9. The number of carbonyl (C=O) groups excluding carboxylic acids is 2. The zero-order valence-corrected chi connectivity index (χ0v) is 17.0. The van der Waals surface area contributed by atoms with Gasteiger partial charge in [0.15, 0.2) is 0 Å². The van der Waals surface area contributed by atoms with Gasteiger partial charge in [-0.1, -0.05) is 0 Å². The van der Waals surface area contributed by atoms with Crippen molar-refractivity contribution in [2.75, 3.05) is 52.8 Å². The zero-order chi connectivity index (χ0) is 23.0. The third-order valence-corrected chi connectivity index (χ3v) is 4.28. The summed E-state index contributed by atoms with van der Waals surface area (Å²) in [6.45, 7) is -2.92. The van der Waals surface area contributed by atoms with Crippen molar-refractivity contribution in [2.45, 2.75) is 43.1 Å². The standard InChI is InChI=1S/C17H36N4O9/c18-14(15(19)27)3-1-2-4-20-16(28)21-17(9-26,10-29-12(5-22)6-23)11-30-13(7-24)8-25/h12-14,22-26H,1-11,18H2,(H2,19,27)(H2,20,21,28)/t14-/m1/s1. The van der Waals surface area contributed by atoms with E-state index >= 15 is 0 Å². The molecule has 0 fully saturated rings. The van der Waals surface area contributed by atoms with Gasteiger partial charge < -0.3 is 57.1 Å². The topological polar surface area (TPSA) is 230 Å². The van der Waals surface area contributed by atoms with Gasteiger partial charge in [-0.3, -0.25) is 4.79 Å². The highest BCUT2D eigenvalue weighted by Gasteiger charge is 2.34. The SMILES string of the molecule is NC(=O)[C@H](N)CCCCNC(=O)NC(CO)(COC(CO)CO)COC(CO)CO. The molecule has 0 aliphatic carbocycles. The van der Waals surface area contributed by atoms with Crippen LogP contribution in [-0.2, 0) is 14.3 Å². The molecule has 30 heavy (non-hydrogen) atoms. The number of aliphatic hydroxyl groups is 5. The number of urea groups is 1. The minimum atomic E-state index is -1.47. The van der Waals surface area contributed by atoms with Crippen LogP contribution in [-0.4, -0.2) is 114 Å². The second-order valence-corrected chi connectivity index (χ2v) is 6.92. The Morgan fingerprint density at radius 2 is 1.40 bits per heavy atom. The average Bonchev–Trinajstić information content (AvgIpc) is 2.74. The van der Waals surface area contributed by atoms with Crippen molar-refractivity contribution >= 4 is 11.9 Å². The molecule has 0 heterocycles. The van der Waals surface area contributed by atoms with Gasteiger partial charge in [0.05, 0.1) is 52.3 Å².